The van der Waals surface area contributed by atoms with Crippen LogP contribution in [0.15, 0.2) is 34.9 Å². The van der Waals surface area contributed by atoms with Gasteiger partial charge in [-0.1, -0.05) is 6.07 Å². The minimum absolute atomic E-state index is 0.605. The van der Waals surface area contributed by atoms with Crippen molar-refractivity contribution in [2.75, 3.05) is 0 Å². The molecular weight excluding hydrogens is 258 g/mol. The zero-order chi connectivity index (χ0) is 14.8. The number of furan rings is 1. The number of amides is 1. The molecule has 2 aromatic rings. The predicted molar refractivity (Wildman–Crippen MR) is 74.4 cm³/mol. The third-order valence-corrected chi connectivity index (χ3v) is 2.64. The van der Waals surface area contributed by atoms with Gasteiger partial charge < -0.3 is 19.3 Å². The molecule has 5 nitrogen and oxygen atoms in total. The lowest BCUT2D eigenvalue weighted by atomic mass is 10.1. The molecule has 1 atom stereocenters. The largest absolute Gasteiger partial charge is 0.464 e. The van der Waals surface area contributed by atoms with Crippen molar-refractivity contribution >= 4 is 23.3 Å². The Kier molecular flexibility index (Phi) is 3.79. The fraction of sp³-hybridized carbons (Fsp3) is 0.333. The molecule has 1 heterocycles. The molecule has 2 rings (SSSR count). The van der Waals surface area contributed by atoms with E-state index in [-0.39, 0.29) is 0 Å². The van der Waals surface area contributed by atoms with Crippen LogP contribution in [0.4, 0.5) is 4.79 Å². The average Bonchev–Trinajstić information content (AvgIpc) is 2.80. The standard InChI is InChI=1S/C15H17NO4/c1-15(2,3)20-14(18)16-12(9-17)10-4-5-13-11(8-10)6-7-19-13/h4-9,12H,1-3H3,(H,16,18). The van der Waals surface area contributed by atoms with E-state index in [2.05, 4.69) is 5.32 Å². The molecule has 0 spiro atoms. The molecule has 0 aliphatic carbocycles. The van der Waals surface area contributed by atoms with Crippen molar-refractivity contribution in [2.24, 2.45) is 0 Å². The Morgan fingerprint density at radius 3 is 2.75 bits per heavy atom. The summed E-state index contributed by atoms with van der Waals surface area (Å²) in [5.41, 5.74) is 0.807. The van der Waals surface area contributed by atoms with Crippen molar-refractivity contribution in [1.29, 1.82) is 0 Å². The number of rotatable bonds is 3. The molecule has 1 amide bonds. The highest BCUT2D eigenvalue weighted by molar-refractivity contribution is 5.80. The Labute approximate surface area is 116 Å². The zero-order valence-corrected chi connectivity index (χ0v) is 11.7. The van der Waals surface area contributed by atoms with Crippen LogP contribution < -0.4 is 5.32 Å². The van der Waals surface area contributed by atoms with Gasteiger partial charge in [-0.15, -0.1) is 0 Å². The lowest BCUT2D eigenvalue weighted by Crippen LogP contribution is -2.35. The number of alkyl carbamates (subject to hydrolysis) is 1. The van der Waals surface area contributed by atoms with Gasteiger partial charge in [0, 0.05) is 5.39 Å². The number of ether oxygens (including phenoxy) is 1. The number of fused-ring (bicyclic) bond motifs is 1. The summed E-state index contributed by atoms with van der Waals surface area (Å²) in [7, 11) is 0. The maximum Gasteiger partial charge on any atom is 0.408 e. The minimum atomic E-state index is -0.746. The van der Waals surface area contributed by atoms with Crippen LogP contribution in [0.5, 0.6) is 0 Å². The van der Waals surface area contributed by atoms with Gasteiger partial charge in [0.2, 0.25) is 0 Å². The monoisotopic (exact) mass is 275 g/mol. The van der Waals surface area contributed by atoms with E-state index < -0.39 is 17.7 Å². The molecule has 0 fully saturated rings. The fourth-order valence-electron chi connectivity index (χ4n) is 1.81. The lowest BCUT2D eigenvalue weighted by molar-refractivity contribution is -0.109. The molecule has 106 valence electrons. The van der Waals surface area contributed by atoms with E-state index in [9.17, 15) is 9.59 Å². The van der Waals surface area contributed by atoms with Crippen LogP contribution in [0, 0.1) is 0 Å². The number of aldehydes is 1. The molecule has 0 saturated heterocycles. The smallest absolute Gasteiger partial charge is 0.408 e. The van der Waals surface area contributed by atoms with E-state index in [1.165, 1.54) is 0 Å². The number of nitrogens with one attached hydrogen (secondary N) is 1. The van der Waals surface area contributed by atoms with Gasteiger partial charge >= 0.3 is 6.09 Å². The van der Waals surface area contributed by atoms with Crippen molar-refractivity contribution in [1.82, 2.24) is 5.32 Å². The molecule has 5 heteroatoms. The van der Waals surface area contributed by atoms with Gasteiger partial charge in [0.15, 0.2) is 0 Å². The van der Waals surface area contributed by atoms with Gasteiger partial charge in [-0.05, 0) is 44.5 Å². The summed E-state index contributed by atoms with van der Waals surface area (Å²) in [6.07, 6.45) is 1.62. The Morgan fingerprint density at radius 1 is 1.35 bits per heavy atom. The third kappa shape index (κ3) is 3.38. The van der Waals surface area contributed by atoms with Crippen molar-refractivity contribution in [3.8, 4) is 0 Å². The quantitative estimate of drug-likeness (QED) is 0.873. The van der Waals surface area contributed by atoms with Gasteiger partial charge in [0.25, 0.3) is 0 Å². The summed E-state index contributed by atoms with van der Waals surface area (Å²) in [5, 5.41) is 3.41. The zero-order valence-electron chi connectivity index (χ0n) is 11.7. The van der Waals surface area contributed by atoms with E-state index in [0.29, 0.717) is 11.8 Å². The van der Waals surface area contributed by atoms with Crippen LogP contribution in [0.3, 0.4) is 0 Å². The molecule has 1 aromatic heterocycles. The van der Waals surface area contributed by atoms with E-state index >= 15 is 0 Å². The molecule has 1 unspecified atom stereocenters. The van der Waals surface area contributed by atoms with Crippen LogP contribution in [0.2, 0.25) is 0 Å². The van der Waals surface area contributed by atoms with Gasteiger partial charge in [-0.25, -0.2) is 4.79 Å². The molecule has 1 N–H and O–H groups in total. The summed E-state index contributed by atoms with van der Waals surface area (Å²) in [6.45, 7) is 5.29. The second-order valence-electron chi connectivity index (χ2n) is 5.48. The van der Waals surface area contributed by atoms with E-state index in [4.69, 9.17) is 9.15 Å². The first kappa shape index (κ1) is 14.1. The summed E-state index contributed by atoms with van der Waals surface area (Å²) in [5.74, 6) is 0. The molecule has 0 radical (unpaired) electrons. The number of carbonyl (C=O) groups is 2. The molecule has 0 aliphatic rings. The van der Waals surface area contributed by atoms with Crippen molar-refractivity contribution in [3.63, 3.8) is 0 Å². The topological polar surface area (TPSA) is 68.5 Å². The molecule has 0 aliphatic heterocycles. The molecule has 1 aromatic carbocycles. The number of hydrogen-bond donors (Lipinski definition) is 1. The van der Waals surface area contributed by atoms with E-state index in [0.717, 1.165) is 11.0 Å². The Morgan fingerprint density at radius 2 is 2.10 bits per heavy atom. The Hall–Kier alpha value is -2.30. The maximum absolute atomic E-state index is 11.7. The molecule has 20 heavy (non-hydrogen) atoms. The lowest BCUT2D eigenvalue weighted by Gasteiger charge is -2.21. The first-order chi connectivity index (χ1) is 9.39. The van der Waals surface area contributed by atoms with Crippen molar-refractivity contribution in [3.05, 3.63) is 36.1 Å². The Bertz CT molecular complexity index is 624. The van der Waals surface area contributed by atoms with Crippen molar-refractivity contribution < 1.29 is 18.7 Å². The summed E-state index contributed by atoms with van der Waals surface area (Å²) in [6, 6.07) is 6.35. The van der Waals surface area contributed by atoms with Crippen molar-refractivity contribution in [2.45, 2.75) is 32.4 Å². The number of benzene rings is 1. The van der Waals surface area contributed by atoms with E-state index in [1.54, 1.807) is 51.3 Å². The normalized spacial score (nSPS) is 12.9. The van der Waals surface area contributed by atoms with Gasteiger partial charge in [-0.2, -0.15) is 0 Å². The van der Waals surface area contributed by atoms with Gasteiger partial charge in [0.05, 0.1) is 6.26 Å². The summed E-state index contributed by atoms with van der Waals surface area (Å²) < 4.78 is 10.4. The minimum Gasteiger partial charge on any atom is -0.464 e. The predicted octanol–water partition coefficient (Wildman–Crippen LogP) is 3.20. The highest BCUT2D eigenvalue weighted by Gasteiger charge is 2.20. The van der Waals surface area contributed by atoms with E-state index in [1.807, 2.05) is 0 Å². The second-order valence-corrected chi connectivity index (χ2v) is 5.48. The summed E-state index contributed by atoms with van der Waals surface area (Å²) in [4.78, 5) is 22.9. The number of hydrogen-bond acceptors (Lipinski definition) is 4. The third-order valence-electron chi connectivity index (χ3n) is 2.64. The molecule has 0 bridgehead atoms. The molecular formula is C15H17NO4. The highest BCUT2D eigenvalue weighted by Crippen LogP contribution is 2.21. The molecule has 0 saturated carbocycles. The maximum atomic E-state index is 11.7. The van der Waals surface area contributed by atoms with Crippen LogP contribution >= 0.6 is 0 Å². The van der Waals surface area contributed by atoms with Gasteiger partial charge in [0.1, 0.15) is 23.5 Å². The number of carbonyl (C=O) groups excluding carboxylic acids is 2. The SMILES string of the molecule is CC(C)(C)OC(=O)NC(C=O)c1ccc2occc2c1. The Balaban J connectivity index is 2.15. The van der Waals surface area contributed by atoms with Crippen LogP contribution in [0.25, 0.3) is 11.0 Å². The first-order valence-electron chi connectivity index (χ1n) is 6.31. The van der Waals surface area contributed by atoms with Crippen LogP contribution in [-0.2, 0) is 9.53 Å². The van der Waals surface area contributed by atoms with Crippen LogP contribution in [0.1, 0.15) is 32.4 Å². The second kappa shape index (κ2) is 5.36. The van der Waals surface area contributed by atoms with Gasteiger partial charge in [-0.3, -0.25) is 0 Å². The highest BCUT2D eigenvalue weighted by atomic mass is 16.6. The van der Waals surface area contributed by atoms with Crippen LogP contribution in [-0.4, -0.2) is 18.0 Å². The summed E-state index contributed by atoms with van der Waals surface area (Å²) >= 11 is 0. The average molecular weight is 275 g/mol. The fourth-order valence-corrected chi connectivity index (χ4v) is 1.81. The first-order valence-corrected chi connectivity index (χ1v) is 6.31.